The Balaban J connectivity index is 2.39. The number of esters is 1. The maximum absolute atomic E-state index is 12.1. The van der Waals surface area contributed by atoms with Crippen LogP contribution in [0.2, 0.25) is 0 Å². The van der Waals surface area contributed by atoms with Gasteiger partial charge in [-0.3, -0.25) is 0 Å². The van der Waals surface area contributed by atoms with E-state index in [1.54, 1.807) is 13.0 Å². The van der Waals surface area contributed by atoms with Crippen molar-refractivity contribution in [2.24, 2.45) is 0 Å². The van der Waals surface area contributed by atoms with E-state index in [-0.39, 0.29) is 6.42 Å². The van der Waals surface area contributed by atoms with Gasteiger partial charge < -0.3 is 19.3 Å². The zero-order valence-electron chi connectivity index (χ0n) is 13.2. The summed E-state index contributed by atoms with van der Waals surface area (Å²) < 4.78 is 15.7. The maximum atomic E-state index is 12.1. The van der Waals surface area contributed by atoms with Crippen molar-refractivity contribution < 1.29 is 28.9 Å². The zero-order chi connectivity index (χ0) is 17.2. The van der Waals surface area contributed by atoms with Gasteiger partial charge in [0.25, 0.3) is 0 Å². The van der Waals surface area contributed by atoms with Gasteiger partial charge in [0.05, 0.1) is 0 Å². The highest BCUT2D eigenvalue weighted by atomic mass is 79.9. The fourth-order valence-corrected chi connectivity index (χ4v) is 2.96. The molecule has 0 radical (unpaired) electrons. The van der Waals surface area contributed by atoms with E-state index in [4.69, 9.17) is 14.6 Å². The predicted molar refractivity (Wildman–Crippen MR) is 86.3 cm³/mol. The van der Waals surface area contributed by atoms with Crippen molar-refractivity contribution in [3.63, 3.8) is 0 Å². The number of halogens is 1. The summed E-state index contributed by atoms with van der Waals surface area (Å²) in [5.74, 6) is -1.90. The van der Waals surface area contributed by atoms with Crippen LogP contribution in [0.5, 0.6) is 11.5 Å². The van der Waals surface area contributed by atoms with Crippen LogP contribution in [0.25, 0.3) is 0 Å². The summed E-state index contributed by atoms with van der Waals surface area (Å²) in [5.41, 5.74) is 2.05. The molecule has 0 spiro atoms. The highest BCUT2D eigenvalue weighted by Gasteiger charge is 2.51. The molecule has 1 aromatic carbocycles. The van der Waals surface area contributed by atoms with E-state index < -0.39 is 17.9 Å². The van der Waals surface area contributed by atoms with Crippen molar-refractivity contribution in [3.8, 4) is 11.5 Å². The number of benzene rings is 1. The standard InChI is InChI=1S/C16H19BrO6/c1-4-11-10(8-9(3)17)6-7-12-13(11)23-16(5-2,22-12)14(18)21-15(19)20/h6-7,9H,4-5,8H2,1-3H3,(H,19,20)/t9-,16?/m0/s1. The lowest BCUT2D eigenvalue weighted by Crippen LogP contribution is -2.48. The third-order valence-electron chi connectivity index (χ3n) is 3.67. The number of alkyl halides is 1. The summed E-state index contributed by atoms with van der Waals surface area (Å²) in [6, 6.07) is 3.68. The van der Waals surface area contributed by atoms with Gasteiger partial charge in [0.1, 0.15) is 0 Å². The molecular formula is C16H19BrO6. The largest absolute Gasteiger partial charge is 0.513 e. The van der Waals surface area contributed by atoms with Crippen LogP contribution in [0.4, 0.5) is 4.79 Å². The van der Waals surface area contributed by atoms with Gasteiger partial charge in [-0.2, -0.15) is 0 Å². The minimum atomic E-state index is -1.75. The molecule has 126 valence electrons. The van der Waals surface area contributed by atoms with E-state index in [2.05, 4.69) is 20.7 Å². The van der Waals surface area contributed by atoms with E-state index in [9.17, 15) is 9.59 Å². The SMILES string of the molecule is CCc1c(C[C@H](C)Br)ccc2c1OC(CC)(C(=O)OC(=O)O)O2. The Hall–Kier alpha value is -1.76. The molecule has 0 bridgehead atoms. The van der Waals surface area contributed by atoms with Crippen LogP contribution >= 0.6 is 15.9 Å². The quantitative estimate of drug-likeness (QED) is 0.472. The minimum absolute atomic E-state index is 0.126. The molecule has 0 aromatic heterocycles. The highest BCUT2D eigenvalue weighted by molar-refractivity contribution is 9.09. The molecule has 0 aliphatic carbocycles. The predicted octanol–water partition coefficient (Wildman–Crippen LogP) is 3.67. The molecule has 7 heteroatoms. The molecule has 0 saturated heterocycles. The number of fused-ring (bicyclic) bond motifs is 1. The molecule has 1 aliphatic rings. The second kappa shape index (κ2) is 6.78. The van der Waals surface area contributed by atoms with Crippen molar-refractivity contribution in [2.75, 3.05) is 0 Å². The molecule has 2 rings (SSSR count). The lowest BCUT2D eigenvalue weighted by Gasteiger charge is -2.22. The van der Waals surface area contributed by atoms with E-state index in [0.717, 1.165) is 17.5 Å². The number of carbonyl (C=O) groups excluding carboxylic acids is 1. The second-order valence-corrected chi connectivity index (χ2v) is 6.90. The third kappa shape index (κ3) is 3.44. The van der Waals surface area contributed by atoms with E-state index in [0.29, 0.717) is 22.7 Å². The minimum Gasteiger partial charge on any atom is -0.449 e. The van der Waals surface area contributed by atoms with Gasteiger partial charge in [-0.25, -0.2) is 9.59 Å². The van der Waals surface area contributed by atoms with Crippen molar-refractivity contribution in [1.29, 1.82) is 0 Å². The average Bonchev–Trinajstić information content (AvgIpc) is 2.86. The molecule has 1 heterocycles. The number of ether oxygens (including phenoxy) is 3. The maximum Gasteiger partial charge on any atom is 0.513 e. The first kappa shape index (κ1) is 17.6. The molecule has 23 heavy (non-hydrogen) atoms. The molecule has 1 N–H and O–H groups in total. The monoisotopic (exact) mass is 386 g/mol. The van der Waals surface area contributed by atoms with Crippen LogP contribution in [0.15, 0.2) is 12.1 Å². The molecule has 0 saturated carbocycles. The van der Waals surface area contributed by atoms with Crippen LogP contribution in [0, 0.1) is 0 Å². The van der Waals surface area contributed by atoms with Crippen LogP contribution in [-0.2, 0) is 22.4 Å². The smallest absolute Gasteiger partial charge is 0.449 e. The van der Waals surface area contributed by atoms with Gasteiger partial charge in [0.15, 0.2) is 11.5 Å². The summed E-state index contributed by atoms with van der Waals surface area (Å²) in [6.45, 7) is 5.70. The number of hydrogen-bond donors (Lipinski definition) is 1. The first-order valence-corrected chi connectivity index (χ1v) is 8.36. The molecule has 1 aliphatic heterocycles. The molecular weight excluding hydrogens is 368 g/mol. The zero-order valence-corrected chi connectivity index (χ0v) is 14.8. The first-order chi connectivity index (χ1) is 10.8. The molecule has 1 aromatic rings. The Morgan fingerprint density at radius 1 is 1.35 bits per heavy atom. The van der Waals surface area contributed by atoms with Gasteiger partial charge >= 0.3 is 17.9 Å². The van der Waals surface area contributed by atoms with Crippen LogP contribution in [0.3, 0.4) is 0 Å². The Labute approximate surface area is 142 Å². The second-order valence-electron chi connectivity index (χ2n) is 5.33. The van der Waals surface area contributed by atoms with Crippen LogP contribution in [0.1, 0.15) is 38.3 Å². The van der Waals surface area contributed by atoms with Crippen LogP contribution in [-0.4, -0.2) is 27.8 Å². The number of rotatable bonds is 5. The summed E-state index contributed by atoms with van der Waals surface area (Å²) in [6.07, 6.45) is -0.0508. The molecule has 2 atom stereocenters. The molecule has 1 unspecified atom stereocenters. The van der Waals surface area contributed by atoms with Gasteiger partial charge in [0, 0.05) is 16.8 Å². The Bertz CT molecular complexity index is 627. The number of carboxylic acid groups (broad SMARTS) is 1. The lowest BCUT2D eigenvalue weighted by molar-refractivity contribution is -0.179. The van der Waals surface area contributed by atoms with Crippen molar-refractivity contribution in [2.45, 2.75) is 50.6 Å². The Kier molecular flexibility index (Phi) is 5.19. The topological polar surface area (TPSA) is 82.1 Å². The van der Waals surface area contributed by atoms with Crippen molar-refractivity contribution >= 4 is 28.1 Å². The first-order valence-electron chi connectivity index (χ1n) is 7.45. The van der Waals surface area contributed by atoms with Gasteiger partial charge in [-0.1, -0.05) is 42.8 Å². The summed E-state index contributed by atoms with van der Waals surface area (Å²) in [5, 5.41) is 8.66. The third-order valence-corrected chi connectivity index (χ3v) is 4.00. The summed E-state index contributed by atoms with van der Waals surface area (Å²) in [7, 11) is 0. The number of hydrogen-bond acceptors (Lipinski definition) is 5. The normalized spacial score (nSPS) is 20.2. The molecule has 6 nitrogen and oxygen atoms in total. The van der Waals surface area contributed by atoms with Crippen molar-refractivity contribution in [1.82, 2.24) is 0 Å². The summed E-state index contributed by atoms with van der Waals surface area (Å²) >= 11 is 3.53. The lowest BCUT2D eigenvalue weighted by atomic mass is 10.00. The number of carbonyl (C=O) groups is 2. The van der Waals surface area contributed by atoms with Crippen LogP contribution < -0.4 is 9.47 Å². The fourth-order valence-electron chi connectivity index (χ4n) is 2.61. The summed E-state index contributed by atoms with van der Waals surface area (Å²) in [4.78, 5) is 23.0. The van der Waals surface area contributed by atoms with E-state index >= 15 is 0 Å². The Morgan fingerprint density at radius 2 is 2.04 bits per heavy atom. The highest BCUT2D eigenvalue weighted by Crippen LogP contribution is 2.45. The molecule has 0 fully saturated rings. The average molecular weight is 387 g/mol. The fraction of sp³-hybridized carbons (Fsp3) is 0.500. The van der Waals surface area contributed by atoms with Crippen molar-refractivity contribution in [3.05, 3.63) is 23.3 Å². The Morgan fingerprint density at radius 3 is 2.57 bits per heavy atom. The van der Waals surface area contributed by atoms with Gasteiger partial charge in [-0.05, 0) is 24.5 Å². The van der Waals surface area contributed by atoms with E-state index in [1.807, 2.05) is 19.9 Å². The van der Waals surface area contributed by atoms with Gasteiger partial charge in [-0.15, -0.1) is 0 Å². The van der Waals surface area contributed by atoms with E-state index in [1.165, 1.54) is 0 Å². The molecule has 0 amide bonds. The van der Waals surface area contributed by atoms with Gasteiger partial charge in [0.2, 0.25) is 0 Å².